The van der Waals surface area contributed by atoms with Crippen LogP contribution < -0.4 is 16.1 Å². The Morgan fingerprint density at radius 2 is 1.94 bits per heavy atom. The van der Waals surface area contributed by atoms with Crippen LogP contribution in [0.4, 0.5) is 20.4 Å². The molecule has 4 aromatic rings. The van der Waals surface area contributed by atoms with Gasteiger partial charge < -0.3 is 15.2 Å². The molecule has 1 aliphatic heterocycles. The molecule has 0 saturated carbocycles. The van der Waals surface area contributed by atoms with Gasteiger partial charge in [0.15, 0.2) is 11.2 Å². The molecule has 2 aromatic heterocycles. The lowest BCUT2D eigenvalue weighted by Crippen LogP contribution is -2.23. The van der Waals surface area contributed by atoms with Gasteiger partial charge in [0.1, 0.15) is 11.5 Å². The van der Waals surface area contributed by atoms with Crippen LogP contribution in [0.2, 0.25) is 0 Å². The second kappa shape index (κ2) is 8.37. The molecule has 0 radical (unpaired) electrons. The first-order valence-corrected chi connectivity index (χ1v) is 10.9. The monoisotopic (exact) mass is 447 g/mol. The molecule has 168 valence electrons. The molecule has 0 atom stereocenters. The van der Waals surface area contributed by atoms with Crippen molar-refractivity contribution in [2.45, 2.75) is 32.9 Å². The minimum absolute atomic E-state index is 0.0190. The third-order valence-electron chi connectivity index (χ3n) is 5.90. The Kier molecular flexibility index (Phi) is 5.38. The van der Waals surface area contributed by atoms with Gasteiger partial charge in [-0.05, 0) is 62.2 Å². The summed E-state index contributed by atoms with van der Waals surface area (Å²) in [4.78, 5) is 20.7. The number of anilines is 2. The number of nitrogens with zero attached hydrogens (tertiary/aromatic N) is 3. The van der Waals surface area contributed by atoms with E-state index in [9.17, 15) is 13.6 Å². The Balaban J connectivity index is 1.57. The summed E-state index contributed by atoms with van der Waals surface area (Å²) >= 11 is 0. The number of halogens is 2. The number of rotatable bonds is 4. The fraction of sp³-hybridized carbons (Fsp3) is 0.240. The quantitative estimate of drug-likeness (QED) is 0.474. The van der Waals surface area contributed by atoms with Gasteiger partial charge in [-0.15, -0.1) is 0 Å². The van der Waals surface area contributed by atoms with E-state index in [1.54, 1.807) is 16.8 Å². The zero-order chi connectivity index (χ0) is 23.1. The molecule has 0 spiro atoms. The maximum Gasteiger partial charge on any atom is 0.227 e. The van der Waals surface area contributed by atoms with Gasteiger partial charge in [0.05, 0.1) is 17.1 Å². The van der Waals surface area contributed by atoms with Crippen molar-refractivity contribution in [3.8, 4) is 11.3 Å². The highest BCUT2D eigenvalue weighted by atomic mass is 19.1. The highest BCUT2D eigenvalue weighted by Gasteiger charge is 2.17. The van der Waals surface area contributed by atoms with Crippen LogP contribution in [0.5, 0.6) is 0 Å². The van der Waals surface area contributed by atoms with Crippen LogP contribution in [-0.4, -0.2) is 21.1 Å². The number of pyridine rings is 1. The van der Waals surface area contributed by atoms with Crippen LogP contribution in [0, 0.1) is 11.6 Å². The van der Waals surface area contributed by atoms with E-state index < -0.39 is 17.1 Å². The molecule has 0 aliphatic carbocycles. The van der Waals surface area contributed by atoms with Crippen molar-refractivity contribution in [3.63, 3.8) is 0 Å². The predicted molar refractivity (Wildman–Crippen MR) is 125 cm³/mol. The summed E-state index contributed by atoms with van der Waals surface area (Å²) in [7, 11) is 0. The summed E-state index contributed by atoms with van der Waals surface area (Å²) in [6.45, 7) is 5.61. The summed E-state index contributed by atoms with van der Waals surface area (Å²) in [6.07, 6.45) is 3.61. The van der Waals surface area contributed by atoms with Crippen LogP contribution in [-0.2, 0) is 13.0 Å². The molecule has 0 saturated heterocycles. The van der Waals surface area contributed by atoms with Crippen LogP contribution in [0.25, 0.3) is 22.2 Å². The Labute approximate surface area is 189 Å². The first-order valence-electron chi connectivity index (χ1n) is 10.9. The van der Waals surface area contributed by atoms with Crippen LogP contribution in [0.1, 0.15) is 31.0 Å². The van der Waals surface area contributed by atoms with E-state index in [-0.39, 0.29) is 28.6 Å². The zero-order valence-electron chi connectivity index (χ0n) is 18.3. The fourth-order valence-corrected chi connectivity index (χ4v) is 4.25. The van der Waals surface area contributed by atoms with E-state index in [1.165, 1.54) is 17.2 Å². The molecule has 1 aliphatic rings. The Bertz CT molecular complexity index is 1430. The van der Waals surface area contributed by atoms with E-state index in [1.807, 2.05) is 32.0 Å². The number of aromatic nitrogens is 3. The molecule has 5 rings (SSSR count). The van der Waals surface area contributed by atoms with Gasteiger partial charge in [0.2, 0.25) is 5.95 Å². The van der Waals surface area contributed by atoms with E-state index in [4.69, 9.17) is 0 Å². The maximum atomic E-state index is 15.0. The SMILES string of the molecule is CC(C)n1ccc(=O)c2c(F)cc(-c3nc(Nc4ccc5c(c4)CCNC5)ncc3F)cc21. The number of fused-ring (bicyclic) bond motifs is 2. The van der Waals surface area contributed by atoms with Crippen LogP contribution >= 0.6 is 0 Å². The van der Waals surface area contributed by atoms with Gasteiger partial charge in [0, 0.05) is 36.1 Å². The van der Waals surface area contributed by atoms with Gasteiger partial charge in [-0.2, -0.15) is 0 Å². The molecule has 0 fully saturated rings. The van der Waals surface area contributed by atoms with E-state index >= 15 is 0 Å². The molecule has 0 unspecified atom stereocenters. The first-order chi connectivity index (χ1) is 15.9. The predicted octanol–water partition coefficient (Wildman–Crippen LogP) is 4.71. The second-order valence-electron chi connectivity index (χ2n) is 8.46. The number of nitrogens with one attached hydrogen (secondary N) is 2. The van der Waals surface area contributed by atoms with Crippen LogP contribution in [0.3, 0.4) is 0 Å². The minimum atomic E-state index is -0.710. The first kappa shape index (κ1) is 21.2. The molecule has 2 aromatic carbocycles. The van der Waals surface area contributed by atoms with Gasteiger partial charge in [-0.3, -0.25) is 4.79 Å². The highest BCUT2D eigenvalue weighted by molar-refractivity contribution is 5.85. The molecular formula is C25H23F2N5O. The number of benzene rings is 2. The summed E-state index contributed by atoms with van der Waals surface area (Å²) in [5.41, 5.74) is 3.45. The average Bonchev–Trinajstić information content (AvgIpc) is 2.80. The maximum absolute atomic E-state index is 15.0. The van der Waals surface area contributed by atoms with Crippen LogP contribution in [0.15, 0.2) is 53.6 Å². The van der Waals surface area contributed by atoms with Gasteiger partial charge in [-0.1, -0.05) is 6.07 Å². The molecule has 2 N–H and O–H groups in total. The average molecular weight is 447 g/mol. The van der Waals surface area contributed by atoms with Crippen molar-refractivity contribution in [3.05, 3.63) is 81.8 Å². The molecule has 33 heavy (non-hydrogen) atoms. The van der Waals surface area contributed by atoms with Crippen molar-refractivity contribution < 1.29 is 8.78 Å². The van der Waals surface area contributed by atoms with E-state index in [0.717, 1.165) is 37.5 Å². The molecule has 0 bridgehead atoms. The lowest BCUT2D eigenvalue weighted by Gasteiger charge is -2.18. The van der Waals surface area contributed by atoms with E-state index in [2.05, 4.69) is 20.6 Å². The number of hydrogen-bond acceptors (Lipinski definition) is 5. The minimum Gasteiger partial charge on any atom is -0.345 e. The third-order valence-corrected chi connectivity index (χ3v) is 5.90. The number of hydrogen-bond donors (Lipinski definition) is 2. The van der Waals surface area contributed by atoms with E-state index in [0.29, 0.717) is 5.52 Å². The van der Waals surface area contributed by atoms with Crippen molar-refractivity contribution in [1.82, 2.24) is 19.9 Å². The normalized spacial score (nSPS) is 13.4. The lowest BCUT2D eigenvalue weighted by atomic mass is 10.0. The van der Waals surface area contributed by atoms with Crippen molar-refractivity contribution in [1.29, 1.82) is 0 Å². The van der Waals surface area contributed by atoms with Crippen molar-refractivity contribution >= 4 is 22.5 Å². The topological polar surface area (TPSA) is 71.8 Å². The standard InChI is InChI=1S/C25H23F2N5O/c1-14(2)32-8-6-22(33)23-19(26)10-17(11-21(23)32)24-20(27)13-29-25(31-24)30-18-4-3-16-12-28-7-5-15(16)9-18/h3-4,6,8-11,13-14,28H,5,7,12H2,1-2H3,(H,29,30,31). The smallest absolute Gasteiger partial charge is 0.227 e. The highest BCUT2D eigenvalue weighted by Crippen LogP contribution is 2.29. The molecule has 0 amide bonds. The summed E-state index contributed by atoms with van der Waals surface area (Å²) in [5, 5.41) is 6.44. The second-order valence-corrected chi connectivity index (χ2v) is 8.46. The van der Waals surface area contributed by atoms with Gasteiger partial charge in [-0.25, -0.2) is 18.7 Å². The molecular weight excluding hydrogens is 424 g/mol. The Morgan fingerprint density at radius 3 is 2.76 bits per heavy atom. The molecule has 6 nitrogen and oxygen atoms in total. The molecule has 3 heterocycles. The molecule has 8 heteroatoms. The van der Waals surface area contributed by atoms with Crippen molar-refractivity contribution in [2.75, 3.05) is 11.9 Å². The third kappa shape index (κ3) is 3.98. The largest absolute Gasteiger partial charge is 0.345 e. The summed E-state index contributed by atoms with van der Waals surface area (Å²) in [5.74, 6) is -1.18. The summed E-state index contributed by atoms with van der Waals surface area (Å²) in [6, 6.07) is 10.1. The van der Waals surface area contributed by atoms with Gasteiger partial charge in [0.25, 0.3) is 0 Å². The summed E-state index contributed by atoms with van der Waals surface area (Å²) < 4.78 is 31.5. The Morgan fingerprint density at radius 1 is 1.09 bits per heavy atom. The lowest BCUT2D eigenvalue weighted by molar-refractivity contribution is 0.609. The van der Waals surface area contributed by atoms with Crippen molar-refractivity contribution in [2.24, 2.45) is 0 Å². The Hall–Kier alpha value is -3.65. The zero-order valence-corrected chi connectivity index (χ0v) is 18.3. The van der Waals surface area contributed by atoms with Gasteiger partial charge >= 0.3 is 0 Å². The fourth-order valence-electron chi connectivity index (χ4n) is 4.25.